The maximum atomic E-state index is 10.3. The summed E-state index contributed by atoms with van der Waals surface area (Å²) >= 11 is 0. The zero-order valence-electron chi connectivity index (χ0n) is 12.0. The SMILES string of the molecule is CCCCCC/C=C\CCCCCCCC(=O)O.[NaH]. The zero-order chi connectivity index (χ0) is 13.5. The third kappa shape index (κ3) is 20.7. The Hall–Kier alpha value is 0.210. The summed E-state index contributed by atoms with van der Waals surface area (Å²) in [6, 6.07) is 0. The van der Waals surface area contributed by atoms with E-state index in [9.17, 15) is 4.79 Å². The maximum absolute atomic E-state index is 10.3. The summed E-state index contributed by atoms with van der Waals surface area (Å²) < 4.78 is 0. The molecule has 19 heavy (non-hydrogen) atoms. The fraction of sp³-hybridized carbons (Fsp3) is 0.812. The van der Waals surface area contributed by atoms with Crippen molar-refractivity contribution in [2.45, 2.75) is 84.0 Å². The first kappa shape index (κ1) is 21.5. The zero-order valence-corrected chi connectivity index (χ0v) is 12.0. The Bertz CT molecular complexity index is 215. The molecule has 0 bridgehead atoms. The topological polar surface area (TPSA) is 37.3 Å². The summed E-state index contributed by atoms with van der Waals surface area (Å²) in [5, 5.41) is 8.48. The molecule has 0 aromatic rings. The van der Waals surface area contributed by atoms with Gasteiger partial charge in [0.25, 0.3) is 0 Å². The molecule has 1 N–H and O–H groups in total. The predicted octanol–water partition coefficient (Wildman–Crippen LogP) is 4.68. The van der Waals surface area contributed by atoms with Crippen molar-refractivity contribution in [2.75, 3.05) is 0 Å². The summed E-state index contributed by atoms with van der Waals surface area (Å²) in [7, 11) is 0. The van der Waals surface area contributed by atoms with Gasteiger partial charge in [-0.25, -0.2) is 0 Å². The first-order valence-corrected chi connectivity index (χ1v) is 7.64. The average Bonchev–Trinajstić information content (AvgIpc) is 2.34. The summed E-state index contributed by atoms with van der Waals surface area (Å²) in [5.74, 6) is -0.666. The van der Waals surface area contributed by atoms with E-state index < -0.39 is 5.97 Å². The summed E-state index contributed by atoms with van der Waals surface area (Å²) in [5.41, 5.74) is 0. The minimum atomic E-state index is -0.666. The Morgan fingerprint density at radius 2 is 1.32 bits per heavy atom. The molecule has 2 nitrogen and oxygen atoms in total. The Balaban J connectivity index is 0. The molecule has 0 aromatic heterocycles. The van der Waals surface area contributed by atoms with E-state index in [4.69, 9.17) is 5.11 Å². The van der Waals surface area contributed by atoms with Crippen LogP contribution in [0.4, 0.5) is 0 Å². The molecule has 0 aliphatic carbocycles. The molecule has 0 aliphatic heterocycles. The first-order valence-electron chi connectivity index (χ1n) is 7.64. The average molecular weight is 278 g/mol. The second-order valence-electron chi connectivity index (χ2n) is 5.02. The number of hydrogen-bond donors (Lipinski definition) is 1. The molecule has 0 rings (SSSR count). The first-order chi connectivity index (χ1) is 8.77. The van der Waals surface area contributed by atoms with E-state index in [0.29, 0.717) is 6.42 Å². The van der Waals surface area contributed by atoms with Gasteiger partial charge in [0.2, 0.25) is 0 Å². The number of carboxylic acids is 1. The van der Waals surface area contributed by atoms with E-state index in [-0.39, 0.29) is 29.6 Å². The summed E-state index contributed by atoms with van der Waals surface area (Å²) in [6.07, 6.45) is 18.3. The molecule has 0 spiro atoms. The molecular weight excluding hydrogens is 247 g/mol. The molecule has 0 aromatic carbocycles. The Labute approximate surface area is 141 Å². The van der Waals surface area contributed by atoms with Gasteiger partial charge in [-0.15, -0.1) is 0 Å². The van der Waals surface area contributed by atoms with Gasteiger partial charge in [-0.3, -0.25) is 4.79 Å². The van der Waals surface area contributed by atoms with Crippen LogP contribution in [0.15, 0.2) is 12.2 Å². The van der Waals surface area contributed by atoms with Gasteiger partial charge < -0.3 is 5.11 Å². The van der Waals surface area contributed by atoms with Crippen molar-refractivity contribution in [3.8, 4) is 0 Å². The molecule has 0 heterocycles. The van der Waals surface area contributed by atoms with Crippen LogP contribution in [0.2, 0.25) is 0 Å². The van der Waals surface area contributed by atoms with Crippen LogP contribution in [0.1, 0.15) is 84.0 Å². The van der Waals surface area contributed by atoms with Crippen molar-refractivity contribution in [2.24, 2.45) is 0 Å². The Kier molecular flexibility index (Phi) is 20.6. The number of carbonyl (C=O) groups is 1. The van der Waals surface area contributed by atoms with Crippen LogP contribution in [-0.4, -0.2) is 40.6 Å². The normalized spacial score (nSPS) is 10.6. The second-order valence-corrected chi connectivity index (χ2v) is 5.02. The van der Waals surface area contributed by atoms with Crippen molar-refractivity contribution >= 4 is 35.5 Å². The monoisotopic (exact) mass is 278 g/mol. The second kappa shape index (κ2) is 18.2. The van der Waals surface area contributed by atoms with Crippen LogP contribution in [0.25, 0.3) is 0 Å². The quantitative estimate of drug-likeness (QED) is 0.302. The van der Waals surface area contributed by atoms with E-state index in [1.54, 1.807) is 0 Å². The number of hydrogen-bond acceptors (Lipinski definition) is 1. The van der Waals surface area contributed by atoms with Gasteiger partial charge in [-0.1, -0.05) is 57.6 Å². The molecule has 108 valence electrons. The van der Waals surface area contributed by atoms with E-state index in [2.05, 4.69) is 19.1 Å². The molecule has 0 fully saturated rings. The van der Waals surface area contributed by atoms with Gasteiger partial charge >= 0.3 is 35.5 Å². The van der Waals surface area contributed by atoms with Crippen LogP contribution < -0.4 is 0 Å². The van der Waals surface area contributed by atoms with Crippen molar-refractivity contribution in [1.29, 1.82) is 0 Å². The number of aliphatic carboxylic acids is 1. The van der Waals surface area contributed by atoms with Gasteiger partial charge in [0.1, 0.15) is 0 Å². The van der Waals surface area contributed by atoms with Crippen molar-refractivity contribution < 1.29 is 9.90 Å². The molecule has 3 heteroatoms. The van der Waals surface area contributed by atoms with Crippen molar-refractivity contribution in [1.82, 2.24) is 0 Å². The van der Waals surface area contributed by atoms with Gasteiger partial charge in [-0.05, 0) is 32.1 Å². The Morgan fingerprint density at radius 1 is 0.842 bits per heavy atom. The van der Waals surface area contributed by atoms with Gasteiger partial charge in [0.05, 0.1) is 0 Å². The summed E-state index contributed by atoms with van der Waals surface area (Å²) in [4.78, 5) is 10.3. The predicted molar refractivity (Wildman–Crippen MR) is 85.0 cm³/mol. The van der Waals surface area contributed by atoms with Gasteiger partial charge in [-0.2, -0.15) is 0 Å². The van der Waals surface area contributed by atoms with Crippen LogP contribution in [0, 0.1) is 0 Å². The van der Waals surface area contributed by atoms with Crippen LogP contribution in [-0.2, 0) is 4.79 Å². The number of rotatable bonds is 13. The van der Waals surface area contributed by atoms with Crippen LogP contribution >= 0.6 is 0 Å². The Morgan fingerprint density at radius 3 is 1.84 bits per heavy atom. The molecule has 0 amide bonds. The number of unbranched alkanes of at least 4 members (excludes halogenated alkanes) is 9. The van der Waals surface area contributed by atoms with E-state index in [1.165, 1.54) is 57.8 Å². The van der Waals surface area contributed by atoms with Crippen LogP contribution in [0.3, 0.4) is 0 Å². The van der Waals surface area contributed by atoms with E-state index in [0.717, 1.165) is 12.8 Å². The fourth-order valence-corrected chi connectivity index (χ4v) is 1.99. The van der Waals surface area contributed by atoms with Gasteiger partial charge in [0.15, 0.2) is 0 Å². The van der Waals surface area contributed by atoms with Gasteiger partial charge in [0, 0.05) is 6.42 Å². The van der Waals surface area contributed by atoms with Crippen LogP contribution in [0.5, 0.6) is 0 Å². The van der Waals surface area contributed by atoms with E-state index in [1.807, 2.05) is 0 Å². The third-order valence-corrected chi connectivity index (χ3v) is 3.15. The molecular formula is C16H31NaO2. The number of allylic oxidation sites excluding steroid dienone is 2. The van der Waals surface area contributed by atoms with Crippen molar-refractivity contribution in [3.63, 3.8) is 0 Å². The van der Waals surface area contributed by atoms with E-state index >= 15 is 0 Å². The van der Waals surface area contributed by atoms with Crippen molar-refractivity contribution in [3.05, 3.63) is 12.2 Å². The minimum absolute atomic E-state index is 0. The molecule has 0 aliphatic rings. The molecule has 0 radical (unpaired) electrons. The molecule has 0 atom stereocenters. The molecule has 0 unspecified atom stereocenters. The molecule has 0 saturated heterocycles. The molecule has 0 saturated carbocycles. The fourth-order valence-electron chi connectivity index (χ4n) is 1.99. The summed E-state index contributed by atoms with van der Waals surface area (Å²) in [6.45, 7) is 2.24. The standard InChI is InChI=1S/C16H30O2.Na.H/c1-2-3-4-5-6-7-8-9-10-11-12-13-14-15-16(17)18;;/h7-8H,2-6,9-15H2,1H3,(H,17,18);;/b8-7-;;. The third-order valence-electron chi connectivity index (χ3n) is 3.15. The number of carboxylic acid groups (broad SMARTS) is 1.